The van der Waals surface area contributed by atoms with E-state index in [-0.39, 0.29) is 11.3 Å². The third-order valence-electron chi connectivity index (χ3n) is 3.13. The summed E-state index contributed by atoms with van der Waals surface area (Å²) < 4.78 is 5.24. The second-order valence-corrected chi connectivity index (χ2v) is 4.49. The summed E-state index contributed by atoms with van der Waals surface area (Å²) in [5.41, 5.74) is 1.04. The van der Waals surface area contributed by atoms with Crippen molar-refractivity contribution in [3.05, 3.63) is 53.6 Å². The van der Waals surface area contributed by atoms with Crippen molar-refractivity contribution < 1.29 is 19.7 Å². The van der Waals surface area contributed by atoms with Gasteiger partial charge in [0.2, 0.25) is 0 Å². The number of benzene rings is 2. The highest BCUT2D eigenvalue weighted by Crippen LogP contribution is 2.27. The Morgan fingerprint density at radius 1 is 1.14 bits per heavy atom. The minimum absolute atomic E-state index is 0.0510. The second-order valence-electron chi connectivity index (χ2n) is 4.49. The molecule has 110 valence electrons. The fourth-order valence-electron chi connectivity index (χ4n) is 2.03. The number of amides is 1. The molecule has 0 radical (unpaired) electrons. The van der Waals surface area contributed by atoms with E-state index in [0.717, 1.165) is 11.3 Å². The number of hydrogen-bond donors (Lipinski definition) is 3. The number of methoxy groups -OCH3 is 1. The maximum Gasteiger partial charge on any atom is 0.255 e. The van der Waals surface area contributed by atoms with Crippen LogP contribution in [0.3, 0.4) is 0 Å². The van der Waals surface area contributed by atoms with E-state index in [1.807, 2.05) is 24.3 Å². The van der Waals surface area contributed by atoms with Crippen LogP contribution in [0.15, 0.2) is 42.5 Å². The third-order valence-corrected chi connectivity index (χ3v) is 3.13. The van der Waals surface area contributed by atoms with Gasteiger partial charge in [0.05, 0.1) is 12.7 Å². The molecule has 5 heteroatoms. The highest BCUT2D eigenvalue weighted by molar-refractivity contribution is 5.97. The number of carbonyl (C=O) groups is 1. The molecule has 3 N–H and O–H groups in total. The van der Waals surface area contributed by atoms with Crippen LogP contribution in [0.4, 0.5) is 0 Å². The molecule has 1 amide bonds. The number of carbonyl (C=O) groups excluding carboxylic acids is 1. The molecule has 0 saturated heterocycles. The van der Waals surface area contributed by atoms with Gasteiger partial charge in [-0.05, 0) is 30.2 Å². The lowest BCUT2D eigenvalue weighted by molar-refractivity contribution is 0.0950. The van der Waals surface area contributed by atoms with Crippen LogP contribution in [-0.2, 0) is 6.42 Å². The summed E-state index contributed by atoms with van der Waals surface area (Å²) in [5, 5.41) is 21.7. The molecule has 0 aliphatic heterocycles. The van der Waals surface area contributed by atoms with Crippen LogP contribution in [0.25, 0.3) is 0 Å². The normalized spacial score (nSPS) is 10.1. The first-order valence-electron chi connectivity index (χ1n) is 6.54. The average molecular weight is 287 g/mol. The number of aromatic hydroxyl groups is 2. The Morgan fingerprint density at radius 3 is 2.67 bits per heavy atom. The second kappa shape index (κ2) is 6.65. The topological polar surface area (TPSA) is 78.8 Å². The first-order chi connectivity index (χ1) is 10.1. The summed E-state index contributed by atoms with van der Waals surface area (Å²) in [6.45, 7) is 0.397. The fourth-order valence-corrected chi connectivity index (χ4v) is 2.03. The third kappa shape index (κ3) is 3.45. The highest BCUT2D eigenvalue weighted by atomic mass is 16.5. The molecule has 0 aromatic heterocycles. The summed E-state index contributed by atoms with van der Waals surface area (Å²) in [5.74, 6) is -0.384. The molecule has 0 atom stereocenters. The Hall–Kier alpha value is -2.69. The largest absolute Gasteiger partial charge is 0.504 e. The average Bonchev–Trinajstić information content (AvgIpc) is 2.50. The van der Waals surface area contributed by atoms with Gasteiger partial charge in [0.1, 0.15) is 5.75 Å². The van der Waals surface area contributed by atoms with Crippen LogP contribution < -0.4 is 10.1 Å². The minimum Gasteiger partial charge on any atom is -0.504 e. The van der Waals surface area contributed by atoms with Gasteiger partial charge in [-0.15, -0.1) is 0 Å². The first kappa shape index (κ1) is 14.7. The standard InChI is InChI=1S/C16H17NO4/c1-21-14-8-3-2-5-11(14)9-10-17-16(20)12-6-4-7-13(18)15(12)19/h2-8,18-19H,9-10H2,1H3,(H,17,20). The van der Waals surface area contributed by atoms with Crippen molar-refractivity contribution in [1.82, 2.24) is 5.32 Å². The smallest absolute Gasteiger partial charge is 0.255 e. The Balaban J connectivity index is 1.97. The molecule has 2 aromatic rings. The maximum atomic E-state index is 11.9. The molecule has 5 nitrogen and oxygen atoms in total. The summed E-state index contributed by atoms with van der Waals surface area (Å²) in [4.78, 5) is 11.9. The number of ether oxygens (including phenoxy) is 1. The zero-order valence-corrected chi connectivity index (χ0v) is 11.7. The van der Waals surface area contributed by atoms with Crippen molar-refractivity contribution in [2.45, 2.75) is 6.42 Å². The van der Waals surface area contributed by atoms with E-state index < -0.39 is 11.7 Å². The van der Waals surface area contributed by atoms with Crippen LogP contribution in [0.5, 0.6) is 17.2 Å². The predicted octanol–water partition coefficient (Wildman–Crippen LogP) is 2.08. The highest BCUT2D eigenvalue weighted by Gasteiger charge is 2.13. The molecule has 0 unspecified atom stereocenters. The van der Waals surface area contributed by atoms with Gasteiger partial charge in [-0.25, -0.2) is 0 Å². The number of phenols is 2. The van der Waals surface area contributed by atoms with Gasteiger partial charge in [0, 0.05) is 6.54 Å². The van der Waals surface area contributed by atoms with Gasteiger partial charge in [-0.3, -0.25) is 4.79 Å². The number of hydrogen-bond acceptors (Lipinski definition) is 4. The molecule has 0 fully saturated rings. The lowest BCUT2D eigenvalue weighted by Gasteiger charge is -2.10. The van der Waals surface area contributed by atoms with Crippen molar-refractivity contribution in [2.75, 3.05) is 13.7 Å². The zero-order valence-electron chi connectivity index (χ0n) is 11.7. The molecular formula is C16H17NO4. The van der Waals surface area contributed by atoms with Crippen LogP contribution in [0.1, 0.15) is 15.9 Å². The summed E-state index contributed by atoms with van der Waals surface area (Å²) in [7, 11) is 1.60. The molecule has 0 aliphatic rings. The lowest BCUT2D eigenvalue weighted by Crippen LogP contribution is -2.25. The van der Waals surface area contributed by atoms with Gasteiger partial charge >= 0.3 is 0 Å². The van der Waals surface area contributed by atoms with Gasteiger partial charge in [-0.2, -0.15) is 0 Å². The van der Waals surface area contributed by atoms with Crippen molar-refractivity contribution in [3.63, 3.8) is 0 Å². The Morgan fingerprint density at radius 2 is 1.90 bits per heavy atom. The number of nitrogens with one attached hydrogen (secondary N) is 1. The summed E-state index contributed by atoms with van der Waals surface area (Å²) >= 11 is 0. The minimum atomic E-state index is -0.432. The summed E-state index contributed by atoms with van der Waals surface area (Å²) in [6.07, 6.45) is 0.606. The molecule has 0 saturated carbocycles. The fraction of sp³-hybridized carbons (Fsp3) is 0.188. The van der Waals surface area contributed by atoms with E-state index in [2.05, 4.69) is 5.32 Å². The molecule has 0 bridgehead atoms. The number of phenolic OH excluding ortho intramolecular Hbond substituents is 2. The molecule has 0 aliphatic carbocycles. The molecule has 0 heterocycles. The van der Waals surface area contributed by atoms with Crippen LogP contribution >= 0.6 is 0 Å². The van der Waals surface area contributed by atoms with Gasteiger partial charge in [0.15, 0.2) is 11.5 Å². The maximum absolute atomic E-state index is 11.9. The number of para-hydroxylation sites is 2. The zero-order chi connectivity index (χ0) is 15.2. The van der Waals surface area contributed by atoms with Crippen molar-refractivity contribution in [1.29, 1.82) is 0 Å². The molecule has 2 rings (SSSR count). The predicted molar refractivity (Wildman–Crippen MR) is 78.8 cm³/mol. The van der Waals surface area contributed by atoms with Crippen LogP contribution in [0, 0.1) is 0 Å². The van der Waals surface area contributed by atoms with Crippen molar-refractivity contribution >= 4 is 5.91 Å². The molecular weight excluding hydrogens is 270 g/mol. The van der Waals surface area contributed by atoms with Crippen LogP contribution in [-0.4, -0.2) is 29.8 Å². The monoisotopic (exact) mass is 287 g/mol. The van der Waals surface area contributed by atoms with E-state index in [0.29, 0.717) is 13.0 Å². The van der Waals surface area contributed by atoms with E-state index >= 15 is 0 Å². The van der Waals surface area contributed by atoms with E-state index in [9.17, 15) is 15.0 Å². The van der Waals surface area contributed by atoms with Gasteiger partial charge < -0.3 is 20.3 Å². The molecule has 2 aromatic carbocycles. The van der Waals surface area contributed by atoms with Crippen molar-refractivity contribution in [3.8, 4) is 17.2 Å². The Kier molecular flexibility index (Phi) is 4.66. The van der Waals surface area contributed by atoms with E-state index in [4.69, 9.17) is 4.74 Å². The Bertz CT molecular complexity index is 640. The SMILES string of the molecule is COc1ccccc1CCNC(=O)c1cccc(O)c1O. The Labute approximate surface area is 122 Å². The van der Waals surface area contributed by atoms with Crippen molar-refractivity contribution in [2.24, 2.45) is 0 Å². The van der Waals surface area contributed by atoms with Gasteiger partial charge in [-0.1, -0.05) is 24.3 Å². The van der Waals surface area contributed by atoms with Crippen LogP contribution in [0.2, 0.25) is 0 Å². The lowest BCUT2D eigenvalue weighted by atomic mass is 10.1. The quantitative estimate of drug-likeness (QED) is 0.736. The molecule has 0 spiro atoms. The van der Waals surface area contributed by atoms with E-state index in [1.54, 1.807) is 7.11 Å². The molecule has 21 heavy (non-hydrogen) atoms. The number of rotatable bonds is 5. The summed E-state index contributed by atoms with van der Waals surface area (Å²) in [6, 6.07) is 11.8. The van der Waals surface area contributed by atoms with E-state index in [1.165, 1.54) is 18.2 Å². The first-order valence-corrected chi connectivity index (χ1v) is 6.54. The van der Waals surface area contributed by atoms with Gasteiger partial charge in [0.25, 0.3) is 5.91 Å².